The predicted molar refractivity (Wildman–Crippen MR) is 140 cm³/mol. The highest BCUT2D eigenvalue weighted by Gasteiger charge is 2.31. The molecule has 0 fully saturated rings. The summed E-state index contributed by atoms with van der Waals surface area (Å²) in [6, 6.07) is 0. The van der Waals surface area contributed by atoms with Gasteiger partial charge in [-0.3, -0.25) is 0 Å². The van der Waals surface area contributed by atoms with Crippen LogP contribution in [-0.4, -0.2) is 36.1 Å². The van der Waals surface area contributed by atoms with Crippen LogP contribution in [0.4, 0.5) is 0 Å². The maximum atomic E-state index is 6.08. The molecule has 0 aromatic carbocycles. The Labute approximate surface area is 214 Å². The van der Waals surface area contributed by atoms with Crippen molar-refractivity contribution in [3.05, 3.63) is 72.2 Å². The van der Waals surface area contributed by atoms with Gasteiger partial charge in [0.15, 0.2) is 17.4 Å². The Bertz CT molecular complexity index is 1060. The summed E-state index contributed by atoms with van der Waals surface area (Å²) in [5.74, 6) is 0.823. The molecule has 2 aromatic rings. The molecular weight excluding hydrogens is 456 g/mol. The quantitative estimate of drug-likeness (QED) is 0.272. The van der Waals surface area contributed by atoms with E-state index in [0.29, 0.717) is 41.9 Å². The summed E-state index contributed by atoms with van der Waals surface area (Å²) in [6.45, 7) is 8.31. The molecule has 4 atom stereocenters. The monoisotopic (exact) mass is 496 g/mol. The Morgan fingerprint density at radius 2 is 2.06 bits per heavy atom. The molecular formula is C29H40N2O5. The Hall–Kier alpha value is -2.74. The van der Waals surface area contributed by atoms with Crippen molar-refractivity contribution in [2.75, 3.05) is 14.2 Å². The Morgan fingerprint density at radius 1 is 1.22 bits per heavy atom. The number of nitrogens with zero attached hydrogens (tertiary/aromatic N) is 2. The first-order valence-electron chi connectivity index (χ1n) is 12.6. The third-order valence-corrected chi connectivity index (χ3v) is 6.18. The second-order valence-corrected chi connectivity index (χ2v) is 9.37. The summed E-state index contributed by atoms with van der Waals surface area (Å²) in [5.41, 5.74) is 2.64. The van der Waals surface area contributed by atoms with E-state index in [9.17, 15) is 0 Å². The number of rotatable bonds is 13. The zero-order chi connectivity index (χ0) is 26.0. The zero-order valence-corrected chi connectivity index (χ0v) is 22.4. The van der Waals surface area contributed by atoms with Gasteiger partial charge in [0.05, 0.1) is 6.10 Å². The van der Waals surface area contributed by atoms with Crippen LogP contribution in [0.15, 0.2) is 69.5 Å². The van der Waals surface area contributed by atoms with Gasteiger partial charge in [-0.05, 0) is 52.0 Å². The number of oxazole rings is 2. The van der Waals surface area contributed by atoms with Crippen LogP contribution in [0, 0.1) is 5.92 Å². The van der Waals surface area contributed by atoms with E-state index in [1.54, 1.807) is 26.7 Å². The third-order valence-electron chi connectivity index (χ3n) is 6.18. The van der Waals surface area contributed by atoms with Crippen molar-refractivity contribution in [3.8, 4) is 11.6 Å². The minimum Gasteiger partial charge on any atom is -0.448 e. The van der Waals surface area contributed by atoms with E-state index in [4.69, 9.17) is 23.0 Å². The zero-order valence-electron chi connectivity index (χ0n) is 22.4. The summed E-state index contributed by atoms with van der Waals surface area (Å²) in [6.07, 6.45) is 21.8. The van der Waals surface area contributed by atoms with E-state index >= 15 is 0 Å². The van der Waals surface area contributed by atoms with Crippen LogP contribution in [0.25, 0.3) is 11.6 Å². The van der Waals surface area contributed by atoms with Gasteiger partial charge in [-0.2, -0.15) is 0 Å². The predicted octanol–water partition coefficient (Wildman–Crippen LogP) is 7.15. The molecule has 36 heavy (non-hydrogen) atoms. The van der Waals surface area contributed by atoms with Crippen molar-refractivity contribution >= 4 is 0 Å². The van der Waals surface area contributed by atoms with E-state index in [1.807, 2.05) is 19.9 Å². The molecule has 0 spiro atoms. The molecule has 0 aliphatic carbocycles. The number of aromatic nitrogens is 2. The third kappa shape index (κ3) is 8.15. The second-order valence-electron chi connectivity index (χ2n) is 9.37. The van der Waals surface area contributed by atoms with Crippen LogP contribution < -0.4 is 0 Å². The maximum absolute atomic E-state index is 6.08. The molecule has 0 N–H and O–H groups in total. The van der Waals surface area contributed by atoms with Gasteiger partial charge in [-0.1, -0.05) is 49.0 Å². The van der Waals surface area contributed by atoms with E-state index in [-0.39, 0.29) is 12.2 Å². The van der Waals surface area contributed by atoms with Crippen molar-refractivity contribution in [3.63, 3.8) is 0 Å². The number of ether oxygens (including phenoxy) is 3. The highest BCUT2D eigenvalue weighted by molar-refractivity contribution is 5.44. The fraction of sp³-hybridized carbons (Fsp3) is 0.517. The topological polar surface area (TPSA) is 79.8 Å². The number of hydrogen-bond acceptors (Lipinski definition) is 7. The Morgan fingerprint density at radius 3 is 2.81 bits per heavy atom. The molecule has 0 saturated heterocycles. The van der Waals surface area contributed by atoms with Gasteiger partial charge in [0, 0.05) is 27.1 Å². The molecule has 7 nitrogen and oxygen atoms in total. The molecule has 2 aromatic heterocycles. The Balaban J connectivity index is 1.51. The molecule has 0 unspecified atom stereocenters. The SMILES string of the molecule is C/C=C/[C@H](C)/C=C(/C)C/C=C/CCc1nc(-c2nc([C@@H](C[C@H]3CC=C[C@](C)(OC)O3)OC)co2)co1. The summed E-state index contributed by atoms with van der Waals surface area (Å²) in [5, 5.41) is 0. The lowest BCUT2D eigenvalue weighted by molar-refractivity contribution is -0.214. The smallest absolute Gasteiger partial charge is 0.248 e. The van der Waals surface area contributed by atoms with Gasteiger partial charge >= 0.3 is 0 Å². The number of methoxy groups -OCH3 is 2. The van der Waals surface area contributed by atoms with E-state index in [2.05, 4.69) is 60.3 Å². The van der Waals surface area contributed by atoms with Crippen LogP contribution in [0.5, 0.6) is 0 Å². The summed E-state index contributed by atoms with van der Waals surface area (Å²) in [4.78, 5) is 9.16. The summed E-state index contributed by atoms with van der Waals surface area (Å²) >= 11 is 0. The van der Waals surface area contributed by atoms with Crippen molar-refractivity contribution in [1.82, 2.24) is 9.97 Å². The van der Waals surface area contributed by atoms with Crippen LogP contribution >= 0.6 is 0 Å². The van der Waals surface area contributed by atoms with Crippen molar-refractivity contribution in [2.24, 2.45) is 5.92 Å². The first-order chi connectivity index (χ1) is 17.4. The standard InChI is InChI=1S/C29H40N2O5/c1-7-12-21(2)17-22(3)13-9-8-10-15-27-30-25(20-34-27)28-31-24(19-35-28)26(32-5)18-23-14-11-16-29(4,33-6)36-23/h7-9,11-12,16-17,19-21,23,26H,10,13-15,18H2,1-6H3/b9-8+,12-7+,22-17-/t21-,23+,26+,29+/m0/s1. The molecule has 3 heterocycles. The molecule has 7 heteroatoms. The summed E-state index contributed by atoms with van der Waals surface area (Å²) in [7, 11) is 3.30. The molecule has 1 aliphatic heterocycles. The van der Waals surface area contributed by atoms with Crippen LogP contribution in [-0.2, 0) is 20.6 Å². The number of aryl methyl sites for hydroxylation is 1. The van der Waals surface area contributed by atoms with E-state index in [0.717, 1.165) is 19.3 Å². The lowest BCUT2D eigenvalue weighted by atomic mass is 10.0. The van der Waals surface area contributed by atoms with Crippen molar-refractivity contribution in [1.29, 1.82) is 0 Å². The van der Waals surface area contributed by atoms with Crippen molar-refractivity contribution in [2.45, 2.75) is 77.8 Å². The van der Waals surface area contributed by atoms with Crippen molar-refractivity contribution < 1.29 is 23.0 Å². The molecule has 0 amide bonds. The van der Waals surface area contributed by atoms with E-state index in [1.165, 1.54) is 5.57 Å². The van der Waals surface area contributed by atoms with Crippen LogP contribution in [0.2, 0.25) is 0 Å². The highest BCUT2D eigenvalue weighted by atomic mass is 16.7. The highest BCUT2D eigenvalue weighted by Crippen LogP contribution is 2.31. The van der Waals surface area contributed by atoms with Gasteiger partial charge in [0.1, 0.15) is 24.3 Å². The largest absolute Gasteiger partial charge is 0.448 e. The van der Waals surface area contributed by atoms with Gasteiger partial charge < -0.3 is 23.0 Å². The van der Waals surface area contributed by atoms with Gasteiger partial charge in [0.25, 0.3) is 0 Å². The molecule has 1 aliphatic rings. The van der Waals surface area contributed by atoms with Gasteiger partial charge in [-0.25, -0.2) is 9.97 Å². The average molecular weight is 497 g/mol. The first-order valence-corrected chi connectivity index (χ1v) is 12.6. The minimum atomic E-state index is -0.719. The molecule has 196 valence electrons. The lowest BCUT2D eigenvalue weighted by Gasteiger charge is -2.34. The lowest BCUT2D eigenvalue weighted by Crippen LogP contribution is -2.37. The fourth-order valence-corrected chi connectivity index (χ4v) is 4.23. The average Bonchev–Trinajstić information content (AvgIpc) is 3.52. The molecule has 0 saturated carbocycles. The van der Waals surface area contributed by atoms with Crippen LogP contribution in [0.3, 0.4) is 0 Å². The molecule has 0 bridgehead atoms. The van der Waals surface area contributed by atoms with Gasteiger partial charge in [-0.15, -0.1) is 0 Å². The molecule has 3 rings (SSSR count). The summed E-state index contributed by atoms with van der Waals surface area (Å²) < 4.78 is 28.6. The van der Waals surface area contributed by atoms with E-state index < -0.39 is 5.79 Å². The normalized spacial score (nSPS) is 22.6. The number of allylic oxidation sites excluding steroid dienone is 6. The number of hydrogen-bond donors (Lipinski definition) is 0. The fourth-order valence-electron chi connectivity index (χ4n) is 4.23. The minimum absolute atomic E-state index is 0.0485. The molecule has 0 radical (unpaired) electrons. The van der Waals surface area contributed by atoms with Crippen LogP contribution in [0.1, 0.15) is 71.1 Å². The van der Waals surface area contributed by atoms with Gasteiger partial charge in [0.2, 0.25) is 5.89 Å². The Kier molecular flexibility index (Phi) is 10.5. The first kappa shape index (κ1) is 27.8. The second kappa shape index (κ2) is 13.5. The maximum Gasteiger partial charge on any atom is 0.248 e.